The van der Waals surface area contributed by atoms with Crippen LogP contribution in [0.1, 0.15) is 16.6 Å². The van der Waals surface area contributed by atoms with Crippen LogP contribution in [0.3, 0.4) is 0 Å². The average molecular weight is 264 g/mol. The summed E-state index contributed by atoms with van der Waals surface area (Å²) in [6.45, 7) is 2.55. The van der Waals surface area contributed by atoms with Crippen molar-refractivity contribution in [2.75, 3.05) is 11.9 Å². The summed E-state index contributed by atoms with van der Waals surface area (Å²) >= 11 is 1.10. The molecule has 0 spiro atoms. The molecule has 18 heavy (non-hydrogen) atoms. The third-order valence-corrected chi connectivity index (χ3v) is 3.03. The van der Waals surface area contributed by atoms with Crippen LogP contribution in [0, 0.1) is 0 Å². The fourth-order valence-corrected chi connectivity index (χ4v) is 2.03. The first-order chi connectivity index (χ1) is 8.69. The molecule has 2 aromatic rings. The number of ether oxygens (including phenoxy) is 1. The molecular formula is C12H12N2O3S. The van der Waals surface area contributed by atoms with Crippen molar-refractivity contribution in [2.24, 2.45) is 0 Å². The molecule has 0 aliphatic heterocycles. The third-order valence-electron chi connectivity index (χ3n) is 2.13. The van der Waals surface area contributed by atoms with Crippen molar-refractivity contribution in [1.29, 1.82) is 0 Å². The minimum atomic E-state index is -0.966. The Morgan fingerprint density at radius 1 is 1.44 bits per heavy atom. The van der Waals surface area contributed by atoms with Crippen molar-refractivity contribution in [2.45, 2.75) is 6.92 Å². The normalized spacial score (nSPS) is 10.1. The van der Waals surface area contributed by atoms with E-state index in [2.05, 4.69) is 10.3 Å². The zero-order valence-corrected chi connectivity index (χ0v) is 10.5. The van der Waals surface area contributed by atoms with Crippen molar-refractivity contribution < 1.29 is 14.6 Å². The topological polar surface area (TPSA) is 71.5 Å². The molecule has 6 heteroatoms. The summed E-state index contributed by atoms with van der Waals surface area (Å²) in [4.78, 5) is 14.9. The first kappa shape index (κ1) is 12.4. The predicted octanol–water partition coefficient (Wildman–Crippen LogP) is 2.98. The van der Waals surface area contributed by atoms with Crippen LogP contribution in [0.2, 0.25) is 0 Å². The van der Waals surface area contributed by atoms with Gasteiger partial charge in [-0.3, -0.25) is 0 Å². The number of nitrogens with one attached hydrogen (secondary N) is 1. The van der Waals surface area contributed by atoms with Crippen molar-refractivity contribution in [3.05, 3.63) is 35.3 Å². The van der Waals surface area contributed by atoms with E-state index in [1.165, 1.54) is 6.20 Å². The van der Waals surface area contributed by atoms with Gasteiger partial charge in [0.2, 0.25) is 0 Å². The van der Waals surface area contributed by atoms with Gasteiger partial charge >= 0.3 is 5.97 Å². The van der Waals surface area contributed by atoms with E-state index in [9.17, 15) is 4.79 Å². The van der Waals surface area contributed by atoms with Gasteiger partial charge in [0.25, 0.3) is 0 Å². The summed E-state index contributed by atoms with van der Waals surface area (Å²) in [6.07, 6.45) is 1.34. The SMILES string of the molecule is CCOc1ccc(Nc2ncc(C(=O)O)s2)cc1. The van der Waals surface area contributed by atoms with Crippen LogP contribution < -0.4 is 10.1 Å². The maximum absolute atomic E-state index is 10.7. The van der Waals surface area contributed by atoms with Gasteiger partial charge in [-0.15, -0.1) is 0 Å². The molecule has 1 heterocycles. The van der Waals surface area contributed by atoms with Gasteiger partial charge in [0.15, 0.2) is 5.13 Å². The highest BCUT2D eigenvalue weighted by Gasteiger charge is 2.08. The van der Waals surface area contributed by atoms with E-state index in [0.29, 0.717) is 11.7 Å². The van der Waals surface area contributed by atoms with Gasteiger partial charge in [-0.05, 0) is 31.2 Å². The van der Waals surface area contributed by atoms with Crippen LogP contribution in [-0.4, -0.2) is 22.7 Å². The largest absolute Gasteiger partial charge is 0.494 e. The molecule has 5 nitrogen and oxygen atoms in total. The number of carboxylic acids is 1. The lowest BCUT2D eigenvalue weighted by atomic mass is 10.3. The second kappa shape index (κ2) is 5.50. The van der Waals surface area contributed by atoms with E-state index >= 15 is 0 Å². The molecule has 1 aromatic heterocycles. The highest BCUT2D eigenvalue weighted by atomic mass is 32.1. The number of rotatable bonds is 5. The van der Waals surface area contributed by atoms with Gasteiger partial charge in [0.1, 0.15) is 10.6 Å². The van der Waals surface area contributed by atoms with Gasteiger partial charge in [-0.25, -0.2) is 9.78 Å². The lowest BCUT2D eigenvalue weighted by Crippen LogP contribution is -1.92. The molecule has 94 valence electrons. The number of benzene rings is 1. The summed E-state index contributed by atoms with van der Waals surface area (Å²) in [7, 11) is 0. The van der Waals surface area contributed by atoms with E-state index < -0.39 is 5.97 Å². The standard InChI is InChI=1S/C12H12N2O3S/c1-2-17-9-5-3-8(4-6-9)14-12-13-7-10(18-12)11(15)16/h3-7H,2H2,1H3,(H,13,14)(H,15,16). The fourth-order valence-electron chi connectivity index (χ4n) is 1.36. The van der Waals surface area contributed by atoms with Gasteiger partial charge < -0.3 is 15.2 Å². The number of aromatic nitrogens is 1. The monoisotopic (exact) mass is 264 g/mol. The molecule has 0 aliphatic rings. The smallest absolute Gasteiger partial charge is 0.347 e. The molecule has 0 bridgehead atoms. The summed E-state index contributed by atoms with van der Waals surface area (Å²) in [5.41, 5.74) is 0.838. The molecule has 0 saturated carbocycles. The number of carbonyl (C=O) groups is 1. The van der Waals surface area contributed by atoms with Crippen LogP contribution in [0.25, 0.3) is 0 Å². The molecule has 2 N–H and O–H groups in total. The third kappa shape index (κ3) is 2.98. The zero-order valence-electron chi connectivity index (χ0n) is 9.71. The maximum atomic E-state index is 10.7. The fraction of sp³-hybridized carbons (Fsp3) is 0.167. The minimum Gasteiger partial charge on any atom is -0.494 e. The summed E-state index contributed by atoms with van der Waals surface area (Å²) in [5.74, 6) is -0.166. The van der Waals surface area contributed by atoms with Gasteiger partial charge in [-0.2, -0.15) is 0 Å². The molecule has 0 aliphatic carbocycles. The molecule has 0 amide bonds. The second-order valence-electron chi connectivity index (χ2n) is 3.42. The molecule has 2 rings (SSSR count). The highest BCUT2D eigenvalue weighted by molar-refractivity contribution is 7.17. The van der Waals surface area contributed by atoms with Gasteiger partial charge in [0.05, 0.1) is 12.8 Å². The Hall–Kier alpha value is -2.08. The lowest BCUT2D eigenvalue weighted by Gasteiger charge is -2.05. The average Bonchev–Trinajstić information content (AvgIpc) is 2.81. The van der Waals surface area contributed by atoms with E-state index in [1.54, 1.807) is 0 Å². The van der Waals surface area contributed by atoms with Crippen LogP contribution in [-0.2, 0) is 0 Å². The Kier molecular flexibility index (Phi) is 3.78. The Bertz CT molecular complexity index is 537. The molecule has 1 aromatic carbocycles. The molecular weight excluding hydrogens is 252 g/mol. The number of carboxylic acid groups (broad SMARTS) is 1. The Balaban J connectivity index is 2.06. The first-order valence-corrected chi connectivity index (χ1v) is 6.19. The predicted molar refractivity (Wildman–Crippen MR) is 70.0 cm³/mol. The molecule has 0 saturated heterocycles. The Labute approximate surface area is 108 Å². The van der Waals surface area contributed by atoms with E-state index in [-0.39, 0.29) is 4.88 Å². The molecule has 0 fully saturated rings. The van der Waals surface area contributed by atoms with E-state index in [1.807, 2.05) is 31.2 Å². The van der Waals surface area contributed by atoms with Crippen molar-refractivity contribution in [3.8, 4) is 5.75 Å². The number of nitrogens with zero attached hydrogens (tertiary/aromatic N) is 1. The summed E-state index contributed by atoms with van der Waals surface area (Å²) < 4.78 is 5.33. The van der Waals surface area contributed by atoms with E-state index in [4.69, 9.17) is 9.84 Å². The highest BCUT2D eigenvalue weighted by Crippen LogP contribution is 2.24. The second-order valence-corrected chi connectivity index (χ2v) is 4.45. The number of anilines is 2. The van der Waals surface area contributed by atoms with Crippen molar-refractivity contribution in [3.63, 3.8) is 0 Å². The number of thiazole rings is 1. The van der Waals surface area contributed by atoms with Gasteiger partial charge in [-0.1, -0.05) is 11.3 Å². The minimum absolute atomic E-state index is 0.212. The molecule has 0 radical (unpaired) electrons. The zero-order chi connectivity index (χ0) is 13.0. The molecule has 0 unspecified atom stereocenters. The van der Waals surface area contributed by atoms with Crippen molar-refractivity contribution >= 4 is 28.1 Å². The Morgan fingerprint density at radius 2 is 2.17 bits per heavy atom. The van der Waals surface area contributed by atoms with Crippen LogP contribution >= 0.6 is 11.3 Å². The van der Waals surface area contributed by atoms with Crippen LogP contribution in [0.4, 0.5) is 10.8 Å². The number of hydrogen-bond donors (Lipinski definition) is 2. The number of aromatic carboxylic acids is 1. The molecule has 0 atom stereocenters. The quantitative estimate of drug-likeness (QED) is 0.868. The van der Waals surface area contributed by atoms with Crippen LogP contribution in [0.5, 0.6) is 5.75 Å². The first-order valence-electron chi connectivity index (χ1n) is 5.38. The summed E-state index contributed by atoms with van der Waals surface area (Å²) in [5, 5.41) is 12.4. The number of hydrogen-bond acceptors (Lipinski definition) is 5. The van der Waals surface area contributed by atoms with Crippen molar-refractivity contribution in [1.82, 2.24) is 4.98 Å². The van der Waals surface area contributed by atoms with Crippen LogP contribution in [0.15, 0.2) is 30.5 Å². The summed E-state index contributed by atoms with van der Waals surface area (Å²) in [6, 6.07) is 7.40. The van der Waals surface area contributed by atoms with Gasteiger partial charge in [0, 0.05) is 5.69 Å². The van der Waals surface area contributed by atoms with E-state index in [0.717, 1.165) is 22.8 Å². The lowest BCUT2D eigenvalue weighted by molar-refractivity contribution is 0.0702. The Morgan fingerprint density at radius 3 is 2.72 bits per heavy atom. The maximum Gasteiger partial charge on any atom is 0.347 e.